The summed E-state index contributed by atoms with van der Waals surface area (Å²) < 4.78 is 11.2. The highest BCUT2D eigenvalue weighted by Gasteiger charge is 2.28. The summed E-state index contributed by atoms with van der Waals surface area (Å²) in [7, 11) is 1.73. The Hall–Kier alpha value is -1.06. The van der Waals surface area contributed by atoms with Crippen molar-refractivity contribution in [2.75, 3.05) is 13.7 Å². The second kappa shape index (κ2) is 5.93. The molecule has 3 nitrogen and oxygen atoms in total. The highest BCUT2D eigenvalue weighted by Crippen LogP contribution is 2.25. The SMILES string of the molecule is COc1ccc(C)cc1CNC1CCOC(C)(C)C1. The van der Waals surface area contributed by atoms with Gasteiger partial charge in [-0.1, -0.05) is 17.7 Å². The molecular formula is C16H25NO2. The summed E-state index contributed by atoms with van der Waals surface area (Å²) in [5.74, 6) is 0.962. The van der Waals surface area contributed by atoms with Crippen molar-refractivity contribution in [2.24, 2.45) is 0 Å². The molecule has 1 aliphatic heterocycles. The minimum Gasteiger partial charge on any atom is -0.496 e. The Morgan fingerprint density at radius 1 is 1.42 bits per heavy atom. The predicted octanol–water partition coefficient (Wildman–Crippen LogP) is 3.05. The highest BCUT2D eigenvalue weighted by molar-refractivity contribution is 5.36. The van der Waals surface area contributed by atoms with E-state index in [2.05, 4.69) is 38.2 Å². The third-order valence-corrected chi connectivity index (χ3v) is 3.71. The molecule has 1 aromatic carbocycles. The summed E-state index contributed by atoms with van der Waals surface area (Å²) in [5.41, 5.74) is 2.49. The quantitative estimate of drug-likeness (QED) is 0.905. The first-order valence-corrected chi connectivity index (χ1v) is 7.01. The van der Waals surface area contributed by atoms with Crippen LogP contribution in [0, 0.1) is 6.92 Å². The van der Waals surface area contributed by atoms with Crippen LogP contribution in [0.3, 0.4) is 0 Å². The van der Waals surface area contributed by atoms with Crippen LogP contribution in [0.4, 0.5) is 0 Å². The molecule has 0 aromatic heterocycles. The van der Waals surface area contributed by atoms with Gasteiger partial charge in [0.1, 0.15) is 5.75 Å². The summed E-state index contributed by atoms with van der Waals surface area (Å²) >= 11 is 0. The lowest BCUT2D eigenvalue weighted by atomic mass is 9.94. The van der Waals surface area contributed by atoms with Crippen LogP contribution in [0.1, 0.15) is 37.8 Å². The first kappa shape index (κ1) is 14.4. The highest BCUT2D eigenvalue weighted by atomic mass is 16.5. The number of hydrogen-bond donors (Lipinski definition) is 1. The maximum atomic E-state index is 5.75. The third-order valence-electron chi connectivity index (χ3n) is 3.71. The average molecular weight is 263 g/mol. The summed E-state index contributed by atoms with van der Waals surface area (Å²) in [6.45, 7) is 8.13. The van der Waals surface area contributed by atoms with Gasteiger partial charge in [-0.15, -0.1) is 0 Å². The van der Waals surface area contributed by atoms with E-state index in [-0.39, 0.29) is 5.60 Å². The van der Waals surface area contributed by atoms with E-state index in [4.69, 9.17) is 9.47 Å². The third kappa shape index (κ3) is 3.95. The zero-order valence-corrected chi connectivity index (χ0v) is 12.5. The molecule has 2 rings (SSSR count). The zero-order valence-electron chi connectivity index (χ0n) is 12.5. The molecular weight excluding hydrogens is 238 g/mol. The maximum Gasteiger partial charge on any atom is 0.123 e. The van der Waals surface area contributed by atoms with Crippen molar-refractivity contribution in [3.8, 4) is 5.75 Å². The molecule has 1 atom stereocenters. The Bertz CT molecular complexity index is 429. The molecule has 106 valence electrons. The first-order valence-electron chi connectivity index (χ1n) is 7.01. The molecule has 0 spiro atoms. The van der Waals surface area contributed by atoms with Gasteiger partial charge in [0.05, 0.1) is 12.7 Å². The van der Waals surface area contributed by atoms with Crippen LogP contribution in [-0.4, -0.2) is 25.4 Å². The van der Waals surface area contributed by atoms with Gasteiger partial charge < -0.3 is 14.8 Å². The largest absolute Gasteiger partial charge is 0.496 e. The fraction of sp³-hybridized carbons (Fsp3) is 0.625. The van der Waals surface area contributed by atoms with Crippen LogP contribution in [0.25, 0.3) is 0 Å². The Morgan fingerprint density at radius 2 is 2.21 bits per heavy atom. The number of nitrogens with one attached hydrogen (secondary N) is 1. The maximum absolute atomic E-state index is 5.75. The van der Waals surface area contributed by atoms with Gasteiger partial charge >= 0.3 is 0 Å². The number of benzene rings is 1. The van der Waals surface area contributed by atoms with Crippen molar-refractivity contribution in [1.82, 2.24) is 5.32 Å². The summed E-state index contributed by atoms with van der Waals surface area (Å²) in [6.07, 6.45) is 2.14. The molecule has 0 bridgehead atoms. The lowest BCUT2D eigenvalue weighted by Crippen LogP contribution is -2.43. The monoisotopic (exact) mass is 263 g/mol. The number of hydrogen-bond acceptors (Lipinski definition) is 3. The van der Waals surface area contributed by atoms with E-state index in [1.54, 1.807) is 7.11 Å². The minimum atomic E-state index is -0.00733. The lowest BCUT2D eigenvalue weighted by molar-refractivity contribution is -0.0630. The summed E-state index contributed by atoms with van der Waals surface area (Å²) in [4.78, 5) is 0. The molecule has 1 N–H and O–H groups in total. The molecule has 3 heteroatoms. The van der Waals surface area contributed by atoms with Crippen LogP contribution in [0.2, 0.25) is 0 Å². The van der Waals surface area contributed by atoms with Crippen LogP contribution < -0.4 is 10.1 Å². The predicted molar refractivity (Wildman–Crippen MR) is 77.6 cm³/mol. The van der Waals surface area contributed by atoms with Gasteiger partial charge in [0.25, 0.3) is 0 Å². The second-order valence-corrected chi connectivity index (χ2v) is 5.99. The Balaban J connectivity index is 1.96. The molecule has 0 radical (unpaired) electrons. The molecule has 1 heterocycles. The van der Waals surface area contributed by atoms with Crippen molar-refractivity contribution in [3.63, 3.8) is 0 Å². The Labute approximate surface area is 116 Å². The van der Waals surface area contributed by atoms with Gasteiger partial charge in [0.15, 0.2) is 0 Å². The number of ether oxygens (including phenoxy) is 2. The molecule has 1 saturated heterocycles. The van der Waals surface area contributed by atoms with Crippen LogP contribution in [0.15, 0.2) is 18.2 Å². The molecule has 0 saturated carbocycles. The van der Waals surface area contributed by atoms with Gasteiger partial charge in [-0.05, 0) is 39.7 Å². The average Bonchev–Trinajstić information content (AvgIpc) is 2.35. The number of methoxy groups -OCH3 is 1. The molecule has 19 heavy (non-hydrogen) atoms. The van der Waals surface area contributed by atoms with Gasteiger partial charge in [0, 0.05) is 24.8 Å². The van der Waals surface area contributed by atoms with Crippen molar-refractivity contribution in [1.29, 1.82) is 0 Å². The molecule has 0 amide bonds. The van der Waals surface area contributed by atoms with E-state index in [0.717, 1.165) is 31.7 Å². The summed E-state index contributed by atoms with van der Waals surface area (Å²) in [6, 6.07) is 6.84. The second-order valence-electron chi connectivity index (χ2n) is 5.99. The normalized spacial score (nSPS) is 22.2. The Morgan fingerprint density at radius 3 is 2.89 bits per heavy atom. The fourth-order valence-corrected chi connectivity index (χ4v) is 2.71. The topological polar surface area (TPSA) is 30.5 Å². The number of aryl methyl sites for hydroxylation is 1. The standard InChI is InChI=1S/C16H25NO2/c1-12-5-6-15(18-4)13(9-12)11-17-14-7-8-19-16(2,3)10-14/h5-6,9,14,17H,7-8,10-11H2,1-4H3. The van der Waals surface area contributed by atoms with Crippen LogP contribution in [-0.2, 0) is 11.3 Å². The van der Waals surface area contributed by atoms with Crippen molar-refractivity contribution < 1.29 is 9.47 Å². The fourth-order valence-electron chi connectivity index (χ4n) is 2.71. The first-order chi connectivity index (χ1) is 9.00. The van der Waals surface area contributed by atoms with E-state index < -0.39 is 0 Å². The van der Waals surface area contributed by atoms with Crippen LogP contribution >= 0.6 is 0 Å². The van der Waals surface area contributed by atoms with Crippen molar-refractivity contribution in [2.45, 2.75) is 51.8 Å². The molecule has 1 aromatic rings. The molecule has 0 aliphatic carbocycles. The van der Waals surface area contributed by atoms with E-state index in [1.165, 1.54) is 11.1 Å². The van der Waals surface area contributed by atoms with E-state index in [0.29, 0.717) is 6.04 Å². The van der Waals surface area contributed by atoms with E-state index in [1.807, 2.05) is 6.07 Å². The van der Waals surface area contributed by atoms with Gasteiger partial charge in [-0.25, -0.2) is 0 Å². The van der Waals surface area contributed by atoms with Gasteiger partial charge in [0.2, 0.25) is 0 Å². The van der Waals surface area contributed by atoms with Crippen molar-refractivity contribution >= 4 is 0 Å². The lowest BCUT2D eigenvalue weighted by Gasteiger charge is -2.36. The van der Waals surface area contributed by atoms with Crippen LogP contribution in [0.5, 0.6) is 5.75 Å². The summed E-state index contributed by atoms with van der Waals surface area (Å²) in [5, 5.41) is 3.64. The van der Waals surface area contributed by atoms with Crippen molar-refractivity contribution in [3.05, 3.63) is 29.3 Å². The minimum absolute atomic E-state index is 0.00733. The number of rotatable bonds is 4. The molecule has 1 aliphatic rings. The molecule has 1 fully saturated rings. The smallest absolute Gasteiger partial charge is 0.123 e. The zero-order chi connectivity index (χ0) is 13.9. The van der Waals surface area contributed by atoms with Gasteiger partial charge in [-0.2, -0.15) is 0 Å². The molecule has 1 unspecified atom stereocenters. The Kier molecular flexibility index (Phi) is 4.48. The van der Waals surface area contributed by atoms with E-state index in [9.17, 15) is 0 Å². The van der Waals surface area contributed by atoms with Gasteiger partial charge in [-0.3, -0.25) is 0 Å². The van der Waals surface area contributed by atoms with E-state index >= 15 is 0 Å².